The third-order valence-corrected chi connectivity index (χ3v) is 5.21. The summed E-state index contributed by atoms with van der Waals surface area (Å²) in [5.74, 6) is -0.758. The molecule has 154 valence electrons. The van der Waals surface area contributed by atoms with Crippen LogP contribution in [-0.4, -0.2) is 6.36 Å². The molecule has 0 spiro atoms. The summed E-state index contributed by atoms with van der Waals surface area (Å²) in [4.78, 5) is 0. The Morgan fingerprint density at radius 2 is 1.50 bits per heavy atom. The van der Waals surface area contributed by atoms with E-state index in [1.54, 1.807) is 6.07 Å². The summed E-state index contributed by atoms with van der Waals surface area (Å²) in [6.45, 7) is 2.16. The average Bonchev–Trinajstić information content (AvgIpc) is 2.71. The lowest BCUT2D eigenvalue weighted by Crippen LogP contribution is -2.16. The van der Waals surface area contributed by atoms with Gasteiger partial charge < -0.3 is 4.74 Å². The van der Waals surface area contributed by atoms with Crippen LogP contribution in [0.1, 0.15) is 25.3 Å². The third kappa shape index (κ3) is 4.25. The molecular weight excluding hydrogens is 392 g/mol. The molecule has 4 aromatic carbocycles. The Balaban J connectivity index is 1.72. The zero-order chi connectivity index (χ0) is 21.3. The molecule has 0 aliphatic rings. The SMILES string of the molecule is CCCCc1ccc2c(ccc3cc(-c4ccc(OC(F)(F)F)cc4)c(F)cc32)c1. The smallest absolute Gasteiger partial charge is 0.406 e. The predicted molar refractivity (Wildman–Crippen MR) is 112 cm³/mol. The molecule has 0 unspecified atom stereocenters. The van der Waals surface area contributed by atoms with Crippen LogP contribution in [0.4, 0.5) is 17.6 Å². The first-order valence-electron chi connectivity index (χ1n) is 9.85. The lowest BCUT2D eigenvalue weighted by atomic mass is 9.95. The second-order valence-electron chi connectivity index (χ2n) is 7.35. The lowest BCUT2D eigenvalue weighted by molar-refractivity contribution is -0.274. The Bertz CT molecular complexity index is 1190. The minimum atomic E-state index is -4.76. The average molecular weight is 412 g/mol. The van der Waals surface area contributed by atoms with E-state index in [2.05, 4.69) is 23.8 Å². The van der Waals surface area contributed by atoms with Crippen LogP contribution in [0.5, 0.6) is 5.75 Å². The molecule has 4 aromatic rings. The normalized spacial score (nSPS) is 11.9. The molecule has 0 saturated carbocycles. The number of hydrogen-bond donors (Lipinski definition) is 0. The van der Waals surface area contributed by atoms with E-state index in [0.717, 1.165) is 40.8 Å². The number of alkyl halides is 3. The number of halogens is 4. The summed E-state index contributed by atoms with van der Waals surface area (Å²) in [5, 5.41) is 3.73. The second-order valence-corrected chi connectivity index (χ2v) is 7.35. The highest BCUT2D eigenvalue weighted by molar-refractivity contribution is 6.08. The zero-order valence-electron chi connectivity index (χ0n) is 16.4. The Morgan fingerprint density at radius 1 is 0.800 bits per heavy atom. The largest absolute Gasteiger partial charge is 0.573 e. The fraction of sp³-hybridized carbons (Fsp3) is 0.200. The Labute approximate surface area is 171 Å². The molecular formula is C25H20F4O. The van der Waals surface area contributed by atoms with Crippen LogP contribution in [-0.2, 0) is 6.42 Å². The van der Waals surface area contributed by atoms with Crippen LogP contribution in [0.3, 0.4) is 0 Å². The molecule has 5 heteroatoms. The molecule has 0 heterocycles. The third-order valence-electron chi connectivity index (χ3n) is 5.21. The van der Waals surface area contributed by atoms with E-state index < -0.39 is 12.2 Å². The van der Waals surface area contributed by atoms with Gasteiger partial charge in [-0.25, -0.2) is 4.39 Å². The monoisotopic (exact) mass is 412 g/mol. The van der Waals surface area contributed by atoms with Crippen LogP contribution in [0, 0.1) is 5.82 Å². The van der Waals surface area contributed by atoms with Crippen LogP contribution in [0.2, 0.25) is 0 Å². The van der Waals surface area contributed by atoms with Crippen molar-refractivity contribution in [3.8, 4) is 16.9 Å². The van der Waals surface area contributed by atoms with Crippen molar-refractivity contribution in [3.05, 3.63) is 78.1 Å². The van der Waals surface area contributed by atoms with E-state index in [9.17, 15) is 17.6 Å². The molecule has 0 bridgehead atoms. The number of hydrogen-bond acceptors (Lipinski definition) is 1. The first kappa shape index (κ1) is 20.2. The summed E-state index contributed by atoms with van der Waals surface area (Å²) in [5.41, 5.74) is 2.08. The number of rotatable bonds is 5. The van der Waals surface area contributed by atoms with E-state index in [4.69, 9.17) is 0 Å². The zero-order valence-corrected chi connectivity index (χ0v) is 16.4. The summed E-state index contributed by atoms with van der Waals surface area (Å²) in [6, 6.07) is 18.7. The molecule has 0 aliphatic heterocycles. The van der Waals surface area contributed by atoms with E-state index in [1.807, 2.05) is 18.2 Å². The minimum Gasteiger partial charge on any atom is -0.406 e. The van der Waals surface area contributed by atoms with Gasteiger partial charge in [0.2, 0.25) is 0 Å². The standard InChI is InChI=1S/C25H20F4O/c1-2-3-4-16-5-12-21-18(13-16)6-7-19-14-23(24(26)15-22(19)21)17-8-10-20(11-9-17)30-25(27,28)29/h5-15H,2-4H2,1H3. The van der Waals surface area contributed by atoms with Crippen LogP contribution < -0.4 is 4.74 Å². The van der Waals surface area contributed by atoms with Gasteiger partial charge in [0.05, 0.1) is 0 Å². The Kier molecular flexibility index (Phi) is 5.37. The predicted octanol–water partition coefficient (Wildman–Crippen LogP) is 8.04. The van der Waals surface area contributed by atoms with Gasteiger partial charge in [-0.2, -0.15) is 0 Å². The number of unbranched alkanes of at least 4 members (excludes halogenated alkanes) is 1. The van der Waals surface area contributed by atoms with Crippen molar-refractivity contribution in [1.29, 1.82) is 0 Å². The van der Waals surface area contributed by atoms with Crippen molar-refractivity contribution in [3.63, 3.8) is 0 Å². The van der Waals surface area contributed by atoms with Gasteiger partial charge in [-0.1, -0.05) is 55.8 Å². The molecule has 0 radical (unpaired) electrons. The summed E-state index contributed by atoms with van der Waals surface area (Å²) >= 11 is 0. The second kappa shape index (κ2) is 7.98. The van der Waals surface area contributed by atoms with E-state index in [-0.39, 0.29) is 5.75 Å². The summed E-state index contributed by atoms with van der Waals surface area (Å²) in [6.07, 6.45) is -1.48. The molecule has 0 fully saturated rings. The summed E-state index contributed by atoms with van der Waals surface area (Å²) in [7, 11) is 0. The quantitative estimate of drug-likeness (QED) is 0.238. The molecule has 0 aromatic heterocycles. The lowest BCUT2D eigenvalue weighted by Gasteiger charge is -2.11. The van der Waals surface area contributed by atoms with Gasteiger partial charge in [-0.3, -0.25) is 0 Å². The van der Waals surface area contributed by atoms with Gasteiger partial charge >= 0.3 is 6.36 Å². The molecule has 0 amide bonds. The van der Waals surface area contributed by atoms with E-state index in [1.165, 1.54) is 35.9 Å². The minimum absolute atomic E-state index is 0.333. The van der Waals surface area contributed by atoms with E-state index >= 15 is 0 Å². The first-order chi connectivity index (χ1) is 14.3. The molecule has 1 nitrogen and oxygen atoms in total. The molecule has 4 rings (SSSR count). The van der Waals surface area contributed by atoms with Gasteiger partial charge in [-0.15, -0.1) is 13.2 Å². The van der Waals surface area contributed by atoms with Gasteiger partial charge in [-0.05, 0) is 69.8 Å². The fourth-order valence-corrected chi connectivity index (χ4v) is 3.73. The van der Waals surface area contributed by atoms with Crippen molar-refractivity contribution >= 4 is 21.5 Å². The molecule has 0 saturated heterocycles. The topological polar surface area (TPSA) is 9.23 Å². The Morgan fingerprint density at radius 3 is 2.17 bits per heavy atom. The van der Waals surface area contributed by atoms with E-state index in [0.29, 0.717) is 11.1 Å². The van der Waals surface area contributed by atoms with Gasteiger partial charge in [0.1, 0.15) is 11.6 Å². The van der Waals surface area contributed by atoms with Crippen molar-refractivity contribution < 1.29 is 22.3 Å². The highest BCUT2D eigenvalue weighted by Crippen LogP contribution is 2.34. The number of benzene rings is 4. The molecule has 0 N–H and O–H groups in total. The number of fused-ring (bicyclic) bond motifs is 3. The van der Waals surface area contributed by atoms with Crippen molar-refractivity contribution in [2.45, 2.75) is 32.5 Å². The first-order valence-corrected chi connectivity index (χ1v) is 9.85. The van der Waals surface area contributed by atoms with Crippen molar-refractivity contribution in [2.75, 3.05) is 0 Å². The summed E-state index contributed by atoms with van der Waals surface area (Å²) < 4.78 is 55.8. The maximum atomic E-state index is 14.9. The van der Waals surface area contributed by atoms with Gasteiger partial charge in [0, 0.05) is 5.56 Å². The Hall–Kier alpha value is -3.08. The number of ether oxygens (including phenoxy) is 1. The van der Waals surface area contributed by atoms with Crippen molar-refractivity contribution in [1.82, 2.24) is 0 Å². The molecule has 30 heavy (non-hydrogen) atoms. The maximum Gasteiger partial charge on any atom is 0.573 e. The van der Waals surface area contributed by atoms with Gasteiger partial charge in [0.15, 0.2) is 0 Å². The fourth-order valence-electron chi connectivity index (χ4n) is 3.73. The maximum absolute atomic E-state index is 14.9. The highest BCUT2D eigenvalue weighted by Gasteiger charge is 2.31. The van der Waals surface area contributed by atoms with Gasteiger partial charge in [0.25, 0.3) is 0 Å². The number of aryl methyl sites for hydroxylation is 1. The van der Waals surface area contributed by atoms with Crippen LogP contribution >= 0.6 is 0 Å². The van der Waals surface area contributed by atoms with Crippen LogP contribution in [0.25, 0.3) is 32.7 Å². The van der Waals surface area contributed by atoms with Crippen molar-refractivity contribution in [2.24, 2.45) is 0 Å². The van der Waals surface area contributed by atoms with Crippen LogP contribution in [0.15, 0.2) is 66.7 Å². The molecule has 0 atom stereocenters. The highest BCUT2D eigenvalue weighted by atomic mass is 19.4. The molecule has 0 aliphatic carbocycles.